The van der Waals surface area contributed by atoms with Crippen LogP contribution >= 0.6 is 0 Å². The molecule has 1 aromatic heterocycles. The summed E-state index contributed by atoms with van der Waals surface area (Å²) in [6.45, 7) is 8.29. The van der Waals surface area contributed by atoms with Gasteiger partial charge in [-0.3, -0.25) is 4.98 Å². The van der Waals surface area contributed by atoms with Crippen LogP contribution < -0.4 is 0 Å². The van der Waals surface area contributed by atoms with Crippen molar-refractivity contribution >= 4 is 0 Å². The lowest BCUT2D eigenvalue weighted by Gasteiger charge is -2.17. The van der Waals surface area contributed by atoms with Crippen molar-refractivity contribution in [2.75, 3.05) is 0 Å². The van der Waals surface area contributed by atoms with E-state index < -0.39 is 6.10 Å². The van der Waals surface area contributed by atoms with E-state index >= 15 is 0 Å². The molecule has 0 saturated carbocycles. The van der Waals surface area contributed by atoms with Gasteiger partial charge in [0.15, 0.2) is 0 Å². The molecule has 0 bridgehead atoms. The Morgan fingerprint density at radius 2 is 1.79 bits per heavy atom. The van der Waals surface area contributed by atoms with Gasteiger partial charge in [0, 0.05) is 6.20 Å². The summed E-state index contributed by atoms with van der Waals surface area (Å²) < 4.78 is 0. The smallest absolute Gasteiger partial charge is 0.121 e. The lowest BCUT2D eigenvalue weighted by atomic mass is 9.93. The third kappa shape index (κ3) is 2.69. The second-order valence-electron chi connectivity index (χ2n) is 5.10. The molecule has 0 saturated heterocycles. The van der Waals surface area contributed by atoms with Crippen LogP contribution in [0.25, 0.3) is 0 Å². The molecule has 1 unspecified atom stereocenters. The molecular weight excluding hydrogens is 234 g/mol. The number of aliphatic hydroxyl groups excluding tert-OH is 1. The summed E-state index contributed by atoms with van der Waals surface area (Å²) in [5.41, 5.74) is 6.41. The minimum Gasteiger partial charge on any atom is -0.382 e. The molecule has 2 rings (SSSR count). The van der Waals surface area contributed by atoms with Gasteiger partial charge < -0.3 is 5.11 Å². The van der Waals surface area contributed by atoms with Crippen molar-refractivity contribution in [3.05, 3.63) is 64.0 Å². The van der Waals surface area contributed by atoms with Crippen LogP contribution in [0.2, 0.25) is 0 Å². The predicted molar refractivity (Wildman–Crippen MR) is 78.3 cm³/mol. The zero-order valence-corrected chi connectivity index (χ0v) is 12.1. The average Bonchev–Trinajstić information content (AvgIpc) is 2.42. The average molecular weight is 255 g/mol. The highest BCUT2D eigenvalue weighted by Crippen LogP contribution is 2.28. The van der Waals surface area contributed by atoms with Gasteiger partial charge in [-0.2, -0.15) is 0 Å². The van der Waals surface area contributed by atoms with Crippen LogP contribution in [0.3, 0.4) is 0 Å². The van der Waals surface area contributed by atoms with Crippen molar-refractivity contribution in [3.63, 3.8) is 0 Å². The maximum absolute atomic E-state index is 10.6. The van der Waals surface area contributed by atoms with E-state index in [-0.39, 0.29) is 0 Å². The van der Waals surface area contributed by atoms with E-state index in [0.29, 0.717) is 0 Å². The standard InChI is InChI=1S/C17H21NO/c1-5-14-7-6-8-18-16(14)17(19)15-10-12(3)11(2)9-13(15)4/h6-10,17,19H,5H2,1-4H3. The van der Waals surface area contributed by atoms with Crippen LogP contribution in [-0.4, -0.2) is 10.1 Å². The van der Waals surface area contributed by atoms with E-state index in [1.807, 2.05) is 19.1 Å². The summed E-state index contributed by atoms with van der Waals surface area (Å²) in [7, 11) is 0. The Balaban J connectivity index is 2.50. The Hall–Kier alpha value is -1.67. The molecule has 19 heavy (non-hydrogen) atoms. The van der Waals surface area contributed by atoms with Gasteiger partial charge in [-0.25, -0.2) is 0 Å². The number of benzene rings is 1. The first kappa shape index (κ1) is 13.8. The number of nitrogens with zero attached hydrogens (tertiary/aromatic N) is 1. The molecule has 0 fully saturated rings. The maximum atomic E-state index is 10.6. The Bertz CT molecular complexity index is 590. The van der Waals surface area contributed by atoms with Crippen LogP contribution in [0.15, 0.2) is 30.5 Å². The molecular formula is C17H21NO. The second-order valence-corrected chi connectivity index (χ2v) is 5.10. The monoisotopic (exact) mass is 255 g/mol. The summed E-state index contributed by atoms with van der Waals surface area (Å²) in [6, 6.07) is 8.15. The molecule has 100 valence electrons. The van der Waals surface area contributed by atoms with E-state index in [1.54, 1.807) is 6.20 Å². The van der Waals surface area contributed by atoms with Crippen LogP contribution in [0, 0.1) is 20.8 Å². The van der Waals surface area contributed by atoms with Crippen molar-refractivity contribution in [1.29, 1.82) is 0 Å². The molecule has 2 aromatic rings. The molecule has 0 aliphatic rings. The number of hydrogen-bond donors (Lipinski definition) is 1. The summed E-state index contributed by atoms with van der Waals surface area (Å²) in [4.78, 5) is 4.37. The molecule has 0 radical (unpaired) electrons. The van der Waals surface area contributed by atoms with E-state index in [1.165, 1.54) is 11.1 Å². The Kier molecular flexibility index (Phi) is 4.01. The van der Waals surface area contributed by atoms with Gasteiger partial charge in [-0.1, -0.05) is 25.1 Å². The molecule has 1 atom stereocenters. The number of aryl methyl sites for hydroxylation is 4. The van der Waals surface area contributed by atoms with E-state index in [2.05, 4.69) is 37.9 Å². The van der Waals surface area contributed by atoms with Crippen molar-refractivity contribution in [3.8, 4) is 0 Å². The highest BCUT2D eigenvalue weighted by molar-refractivity contribution is 5.41. The zero-order valence-electron chi connectivity index (χ0n) is 12.1. The van der Waals surface area contributed by atoms with Gasteiger partial charge in [-0.05, 0) is 61.1 Å². The largest absolute Gasteiger partial charge is 0.382 e. The fourth-order valence-electron chi connectivity index (χ4n) is 2.42. The highest BCUT2D eigenvalue weighted by Gasteiger charge is 2.17. The lowest BCUT2D eigenvalue weighted by molar-refractivity contribution is 0.213. The third-order valence-corrected chi connectivity index (χ3v) is 3.74. The number of aliphatic hydroxyl groups is 1. The van der Waals surface area contributed by atoms with E-state index in [9.17, 15) is 5.11 Å². The highest BCUT2D eigenvalue weighted by atomic mass is 16.3. The molecule has 1 N–H and O–H groups in total. The van der Waals surface area contributed by atoms with Crippen LogP contribution in [0.5, 0.6) is 0 Å². The topological polar surface area (TPSA) is 33.1 Å². The summed E-state index contributed by atoms with van der Waals surface area (Å²) in [5.74, 6) is 0. The van der Waals surface area contributed by atoms with E-state index in [4.69, 9.17) is 0 Å². The first-order chi connectivity index (χ1) is 9.04. The Labute approximate surface area is 115 Å². The quantitative estimate of drug-likeness (QED) is 0.908. The van der Waals surface area contributed by atoms with Gasteiger partial charge in [0.25, 0.3) is 0 Å². The second kappa shape index (κ2) is 5.54. The summed E-state index contributed by atoms with van der Waals surface area (Å²) in [6.07, 6.45) is 1.98. The summed E-state index contributed by atoms with van der Waals surface area (Å²) >= 11 is 0. The van der Waals surface area contributed by atoms with Crippen LogP contribution in [-0.2, 0) is 6.42 Å². The molecule has 1 aromatic carbocycles. The zero-order chi connectivity index (χ0) is 14.0. The van der Waals surface area contributed by atoms with Crippen molar-refractivity contribution in [1.82, 2.24) is 4.98 Å². The summed E-state index contributed by atoms with van der Waals surface area (Å²) in [5, 5.41) is 10.6. The van der Waals surface area contributed by atoms with E-state index in [0.717, 1.165) is 28.8 Å². The molecule has 0 spiro atoms. The van der Waals surface area contributed by atoms with Gasteiger partial charge in [0.1, 0.15) is 6.10 Å². The normalized spacial score (nSPS) is 12.5. The van der Waals surface area contributed by atoms with Crippen LogP contribution in [0.4, 0.5) is 0 Å². The third-order valence-electron chi connectivity index (χ3n) is 3.74. The first-order valence-electron chi connectivity index (χ1n) is 6.74. The number of rotatable bonds is 3. The van der Waals surface area contributed by atoms with Gasteiger partial charge >= 0.3 is 0 Å². The number of hydrogen-bond acceptors (Lipinski definition) is 2. The maximum Gasteiger partial charge on any atom is 0.121 e. The fraction of sp³-hybridized carbons (Fsp3) is 0.353. The molecule has 0 aliphatic heterocycles. The first-order valence-corrected chi connectivity index (χ1v) is 6.74. The number of pyridine rings is 1. The predicted octanol–water partition coefficient (Wildman–Crippen LogP) is 3.65. The minimum absolute atomic E-state index is 0.643. The van der Waals surface area contributed by atoms with Gasteiger partial charge in [-0.15, -0.1) is 0 Å². The molecule has 2 heteroatoms. The molecule has 1 heterocycles. The molecule has 2 nitrogen and oxygen atoms in total. The van der Waals surface area contributed by atoms with Crippen LogP contribution in [0.1, 0.15) is 46.5 Å². The van der Waals surface area contributed by atoms with Crippen molar-refractivity contribution in [2.45, 2.75) is 40.2 Å². The SMILES string of the molecule is CCc1cccnc1C(O)c1cc(C)c(C)cc1C. The minimum atomic E-state index is -0.643. The Morgan fingerprint density at radius 1 is 1.11 bits per heavy atom. The van der Waals surface area contributed by atoms with Crippen molar-refractivity contribution < 1.29 is 5.11 Å². The number of aromatic nitrogens is 1. The fourth-order valence-corrected chi connectivity index (χ4v) is 2.42. The lowest BCUT2D eigenvalue weighted by Crippen LogP contribution is -2.08. The molecule has 0 aliphatic carbocycles. The van der Waals surface area contributed by atoms with Crippen molar-refractivity contribution in [2.24, 2.45) is 0 Å². The van der Waals surface area contributed by atoms with Gasteiger partial charge in [0.05, 0.1) is 5.69 Å². The molecule has 0 amide bonds. The Morgan fingerprint density at radius 3 is 2.47 bits per heavy atom. The van der Waals surface area contributed by atoms with Gasteiger partial charge in [0.2, 0.25) is 0 Å².